The average Bonchev–Trinajstić information content (AvgIpc) is 3.63. The summed E-state index contributed by atoms with van der Waals surface area (Å²) in [7, 11) is 0. The number of amides is 2. The molecule has 0 aliphatic carbocycles. The highest BCUT2D eigenvalue weighted by atomic mass is 16.7. The largest absolute Gasteiger partial charge is 0.459 e. The summed E-state index contributed by atoms with van der Waals surface area (Å²) in [4.78, 5) is 34.0. The molecule has 2 aliphatic rings. The number of furan rings is 1. The van der Waals surface area contributed by atoms with Gasteiger partial charge in [-0.3, -0.25) is 9.59 Å². The molecule has 10 heteroatoms. The van der Waals surface area contributed by atoms with Crippen LogP contribution in [0.25, 0.3) is 22.4 Å². The fourth-order valence-corrected chi connectivity index (χ4v) is 4.32. The van der Waals surface area contributed by atoms with Crippen LogP contribution in [-0.4, -0.2) is 64.7 Å². The minimum Gasteiger partial charge on any atom is -0.459 e. The smallest absolute Gasteiger partial charge is 0.289 e. The standard InChI is InChI=1S/C24H20N4O6/c1-14-11-16(23(29)27-6-8-28(9-7-27)24(30)18-3-2-10-31-18)20-21(26-34-22(20)25-14)15-4-5-17-19(12-15)33-13-32-17/h2-5,10-12H,6-9,13H2,1H3. The molecule has 1 aromatic carbocycles. The number of hydrogen-bond acceptors (Lipinski definition) is 8. The van der Waals surface area contributed by atoms with E-state index in [-0.39, 0.29) is 18.6 Å². The first kappa shape index (κ1) is 20.3. The van der Waals surface area contributed by atoms with Crippen LogP contribution in [0.2, 0.25) is 0 Å². The third kappa shape index (κ3) is 3.35. The van der Waals surface area contributed by atoms with Crippen molar-refractivity contribution in [2.24, 2.45) is 0 Å². The Labute approximate surface area is 193 Å². The molecule has 0 bridgehead atoms. The molecule has 10 nitrogen and oxygen atoms in total. The number of aryl methyl sites for hydroxylation is 1. The lowest BCUT2D eigenvalue weighted by Crippen LogP contribution is -2.50. The predicted octanol–water partition coefficient (Wildman–Crippen LogP) is 3.12. The molecular formula is C24H20N4O6. The lowest BCUT2D eigenvalue weighted by atomic mass is 10.0. The summed E-state index contributed by atoms with van der Waals surface area (Å²) in [5.41, 5.74) is 2.65. The molecule has 1 fully saturated rings. The second-order valence-corrected chi connectivity index (χ2v) is 8.15. The zero-order valence-electron chi connectivity index (χ0n) is 18.3. The molecule has 34 heavy (non-hydrogen) atoms. The van der Waals surface area contributed by atoms with E-state index in [1.807, 2.05) is 12.1 Å². The lowest BCUT2D eigenvalue weighted by Gasteiger charge is -2.34. The molecule has 1 saturated heterocycles. The summed E-state index contributed by atoms with van der Waals surface area (Å²) in [5, 5.41) is 4.76. The molecule has 0 spiro atoms. The molecule has 172 valence electrons. The van der Waals surface area contributed by atoms with Crippen LogP contribution in [0.5, 0.6) is 11.5 Å². The van der Waals surface area contributed by atoms with Gasteiger partial charge in [-0.1, -0.05) is 5.16 Å². The van der Waals surface area contributed by atoms with Crippen molar-refractivity contribution in [3.8, 4) is 22.8 Å². The van der Waals surface area contributed by atoms with E-state index >= 15 is 0 Å². The lowest BCUT2D eigenvalue weighted by molar-refractivity contribution is 0.0519. The van der Waals surface area contributed by atoms with Crippen LogP contribution in [0.1, 0.15) is 26.6 Å². The van der Waals surface area contributed by atoms with Crippen molar-refractivity contribution in [1.29, 1.82) is 0 Å². The van der Waals surface area contributed by atoms with Crippen molar-refractivity contribution in [2.45, 2.75) is 6.92 Å². The first-order valence-corrected chi connectivity index (χ1v) is 10.9. The van der Waals surface area contributed by atoms with E-state index in [0.29, 0.717) is 71.5 Å². The van der Waals surface area contributed by atoms with Crippen LogP contribution in [0, 0.1) is 6.92 Å². The number of fused-ring (bicyclic) bond motifs is 2. The number of carbonyl (C=O) groups excluding carboxylic acids is 2. The summed E-state index contributed by atoms with van der Waals surface area (Å²) < 4.78 is 21.6. The second kappa shape index (κ2) is 7.91. The number of carbonyl (C=O) groups is 2. The number of piperazine rings is 1. The third-order valence-electron chi connectivity index (χ3n) is 6.04. The Balaban J connectivity index is 1.30. The molecule has 2 amide bonds. The van der Waals surface area contributed by atoms with Crippen LogP contribution in [0.3, 0.4) is 0 Å². The third-order valence-corrected chi connectivity index (χ3v) is 6.04. The van der Waals surface area contributed by atoms with Crippen LogP contribution < -0.4 is 9.47 Å². The maximum Gasteiger partial charge on any atom is 0.289 e. The van der Waals surface area contributed by atoms with Crippen molar-refractivity contribution in [3.63, 3.8) is 0 Å². The van der Waals surface area contributed by atoms with E-state index in [4.69, 9.17) is 18.4 Å². The van der Waals surface area contributed by atoms with Gasteiger partial charge in [0.05, 0.1) is 17.2 Å². The Hall–Kier alpha value is -4.34. The highest BCUT2D eigenvalue weighted by Gasteiger charge is 2.29. The SMILES string of the molecule is Cc1cc(C(=O)N2CCN(C(=O)c3ccco3)CC2)c2c(-c3ccc4c(c3)OCO4)noc2n1. The Morgan fingerprint density at radius 3 is 2.47 bits per heavy atom. The Morgan fingerprint density at radius 2 is 1.71 bits per heavy atom. The van der Waals surface area contributed by atoms with Crippen LogP contribution in [-0.2, 0) is 0 Å². The minimum absolute atomic E-state index is 0.161. The minimum atomic E-state index is -0.177. The number of hydrogen-bond donors (Lipinski definition) is 0. The predicted molar refractivity (Wildman–Crippen MR) is 119 cm³/mol. The van der Waals surface area contributed by atoms with E-state index in [9.17, 15) is 9.59 Å². The molecular weight excluding hydrogens is 440 g/mol. The van der Waals surface area contributed by atoms with E-state index < -0.39 is 0 Å². The first-order valence-electron chi connectivity index (χ1n) is 10.9. The summed E-state index contributed by atoms with van der Waals surface area (Å²) in [6.45, 7) is 3.60. The number of pyridine rings is 1. The van der Waals surface area contributed by atoms with E-state index in [1.54, 1.807) is 41.0 Å². The van der Waals surface area contributed by atoms with Gasteiger partial charge in [0.2, 0.25) is 6.79 Å². The molecule has 0 unspecified atom stereocenters. The van der Waals surface area contributed by atoms with Crippen molar-refractivity contribution in [3.05, 3.63) is 59.7 Å². The van der Waals surface area contributed by atoms with Crippen LogP contribution in [0.4, 0.5) is 0 Å². The van der Waals surface area contributed by atoms with Gasteiger partial charge in [-0.05, 0) is 43.3 Å². The quantitative estimate of drug-likeness (QED) is 0.459. The van der Waals surface area contributed by atoms with Gasteiger partial charge in [-0.2, -0.15) is 0 Å². The number of benzene rings is 1. The molecule has 3 aromatic heterocycles. The van der Waals surface area contributed by atoms with E-state index in [2.05, 4.69) is 10.1 Å². The Bertz CT molecular complexity index is 1400. The molecule has 0 N–H and O–H groups in total. The molecule has 4 aromatic rings. The molecule has 2 aliphatic heterocycles. The van der Waals surface area contributed by atoms with Gasteiger partial charge in [0.15, 0.2) is 17.3 Å². The van der Waals surface area contributed by atoms with Gasteiger partial charge < -0.3 is 28.2 Å². The van der Waals surface area contributed by atoms with Crippen molar-refractivity contribution < 1.29 is 28.0 Å². The summed E-state index contributed by atoms with van der Waals surface area (Å²) in [6.07, 6.45) is 1.47. The first-order chi connectivity index (χ1) is 16.6. The molecule has 0 saturated carbocycles. The highest BCUT2D eigenvalue weighted by Crippen LogP contribution is 2.38. The van der Waals surface area contributed by atoms with Gasteiger partial charge >= 0.3 is 0 Å². The number of nitrogens with zero attached hydrogens (tertiary/aromatic N) is 4. The van der Waals surface area contributed by atoms with E-state index in [1.165, 1.54) is 6.26 Å². The van der Waals surface area contributed by atoms with Gasteiger partial charge in [0.25, 0.3) is 17.5 Å². The van der Waals surface area contributed by atoms with Crippen molar-refractivity contribution in [1.82, 2.24) is 19.9 Å². The normalized spacial score (nSPS) is 15.2. The van der Waals surface area contributed by atoms with Crippen molar-refractivity contribution >= 4 is 22.9 Å². The maximum absolute atomic E-state index is 13.6. The fraction of sp³-hybridized carbons (Fsp3) is 0.250. The Morgan fingerprint density at radius 1 is 0.941 bits per heavy atom. The summed E-state index contributed by atoms with van der Waals surface area (Å²) >= 11 is 0. The fourth-order valence-electron chi connectivity index (χ4n) is 4.32. The molecule has 6 rings (SSSR count). The van der Waals surface area contributed by atoms with Gasteiger partial charge in [-0.15, -0.1) is 0 Å². The van der Waals surface area contributed by atoms with Gasteiger partial charge in [0.1, 0.15) is 5.69 Å². The van der Waals surface area contributed by atoms with Crippen LogP contribution in [0.15, 0.2) is 51.6 Å². The summed E-state index contributed by atoms with van der Waals surface area (Å²) in [6, 6.07) is 10.5. The molecule has 0 atom stereocenters. The molecule has 5 heterocycles. The zero-order valence-corrected chi connectivity index (χ0v) is 18.3. The monoisotopic (exact) mass is 460 g/mol. The maximum atomic E-state index is 13.6. The highest BCUT2D eigenvalue weighted by molar-refractivity contribution is 6.09. The van der Waals surface area contributed by atoms with E-state index in [0.717, 1.165) is 5.56 Å². The van der Waals surface area contributed by atoms with Gasteiger partial charge in [-0.25, -0.2) is 4.98 Å². The molecule has 0 radical (unpaired) electrons. The number of aromatic nitrogens is 2. The number of ether oxygens (including phenoxy) is 2. The number of rotatable bonds is 3. The topological polar surface area (TPSA) is 111 Å². The average molecular weight is 460 g/mol. The van der Waals surface area contributed by atoms with Crippen LogP contribution >= 0.6 is 0 Å². The summed E-state index contributed by atoms with van der Waals surface area (Å²) in [5.74, 6) is 1.22. The zero-order chi connectivity index (χ0) is 23.2. The second-order valence-electron chi connectivity index (χ2n) is 8.15. The van der Waals surface area contributed by atoms with Gasteiger partial charge in [0, 0.05) is 37.4 Å². The Kier molecular flexibility index (Phi) is 4.72. The van der Waals surface area contributed by atoms with Crippen molar-refractivity contribution in [2.75, 3.05) is 33.0 Å².